The fourth-order valence-electron chi connectivity index (χ4n) is 3.97. The molecule has 0 spiro atoms. The van der Waals surface area contributed by atoms with Gasteiger partial charge in [0.25, 0.3) is 0 Å². The lowest BCUT2D eigenvalue weighted by Gasteiger charge is -2.28. The van der Waals surface area contributed by atoms with E-state index < -0.39 is 0 Å². The number of benzene rings is 1. The van der Waals surface area contributed by atoms with E-state index in [1.165, 1.54) is 0 Å². The molecule has 0 radical (unpaired) electrons. The molecule has 1 saturated carbocycles. The Hall–Kier alpha value is -1.77. The quantitative estimate of drug-likeness (QED) is 0.600. The second-order valence-electron chi connectivity index (χ2n) is 9.64. The zero-order valence-electron chi connectivity index (χ0n) is 16.2. The predicted molar refractivity (Wildman–Crippen MR) is 100 cm³/mol. The van der Waals surface area contributed by atoms with Crippen LogP contribution < -0.4 is 0 Å². The van der Waals surface area contributed by atoms with Crippen molar-refractivity contribution in [2.24, 2.45) is 11.8 Å². The SMILES string of the molecule is CC(C)(C)c1cc(C(=O)OC2CC3C=CC2C3)cc(C(C)(C)C)c1O. The van der Waals surface area contributed by atoms with Crippen molar-refractivity contribution in [1.29, 1.82) is 0 Å². The molecule has 3 unspecified atom stereocenters. The lowest BCUT2D eigenvalue weighted by atomic mass is 9.78. The smallest absolute Gasteiger partial charge is 0.338 e. The highest BCUT2D eigenvalue weighted by molar-refractivity contribution is 5.90. The highest BCUT2D eigenvalue weighted by Gasteiger charge is 2.38. The van der Waals surface area contributed by atoms with Gasteiger partial charge in [-0.3, -0.25) is 0 Å². The lowest BCUT2D eigenvalue weighted by molar-refractivity contribution is 0.0242. The molecule has 2 aliphatic rings. The van der Waals surface area contributed by atoms with E-state index in [-0.39, 0.29) is 22.9 Å². The molecule has 3 nitrogen and oxygen atoms in total. The van der Waals surface area contributed by atoms with Gasteiger partial charge in [-0.15, -0.1) is 0 Å². The Balaban J connectivity index is 1.95. The monoisotopic (exact) mass is 342 g/mol. The van der Waals surface area contributed by atoms with E-state index >= 15 is 0 Å². The van der Waals surface area contributed by atoms with E-state index in [0.29, 0.717) is 23.1 Å². The van der Waals surface area contributed by atoms with Crippen LogP contribution in [-0.2, 0) is 15.6 Å². The molecule has 0 aliphatic heterocycles. The molecule has 2 bridgehead atoms. The Labute approximate surface area is 151 Å². The number of phenols is 1. The Morgan fingerprint density at radius 2 is 1.56 bits per heavy atom. The summed E-state index contributed by atoms with van der Waals surface area (Å²) >= 11 is 0. The maximum absolute atomic E-state index is 12.8. The van der Waals surface area contributed by atoms with E-state index in [4.69, 9.17) is 4.74 Å². The Bertz CT molecular complexity index is 681. The number of ether oxygens (including phenoxy) is 1. The van der Waals surface area contributed by atoms with Crippen molar-refractivity contribution >= 4 is 5.97 Å². The van der Waals surface area contributed by atoms with Crippen LogP contribution in [0.1, 0.15) is 75.9 Å². The van der Waals surface area contributed by atoms with Crippen molar-refractivity contribution in [2.75, 3.05) is 0 Å². The Morgan fingerprint density at radius 1 is 1.00 bits per heavy atom. The molecule has 136 valence electrons. The van der Waals surface area contributed by atoms with Crippen LogP contribution in [0.5, 0.6) is 5.75 Å². The summed E-state index contributed by atoms with van der Waals surface area (Å²) in [5, 5.41) is 10.8. The molecule has 0 heterocycles. The second kappa shape index (κ2) is 5.89. The normalized spacial score (nSPS) is 25.4. The first-order valence-corrected chi connectivity index (χ1v) is 9.24. The highest BCUT2D eigenvalue weighted by atomic mass is 16.5. The van der Waals surface area contributed by atoms with E-state index in [2.05, 4.69) is 12.2 Å². The van der Waals surface area contributed by atoms with Crippen LogP contribution in [0.25, 0.3) is 0 Å². The first kappa shape index (κ1) is 18.0. The zero-order valence-corrected chi connectivity index (χ0v) is 16.2. The van der Waals surface area contributed by atoms with Crippen LogP contribution in [0, 0.1) is 11.8 Å². The second-order valence-corrected chi connectivity index (χ2v) is 9.64. The molecular weight excluding hydrogens is 312 g/mol. The van der Waals surface area contributed by atoms with Crippen molar-refractivity contribution in [3.8, 4) is 5.75 Å². The van der Waals surface area contributed by atoms with Crippen LogP contribution >= 0.6 is 0 Å². The fraction of sp³-hybridized carbons (Fsp3) is 0.591. The van der Waals surface area contributed by atoms with Gasteiger partial charge < -0.3 is 9.84 Å². The average molecular weight is 342 g/mol. The van der Waals surface area contributed by atoms with E-state index in [1.807, 2.05) is 41.5 Å². The summed E-state index contributed by atoms with van der Waals surface area (Å²) in [6, 6.07) is 3.60. The third kappa shape index (κ3) is 3.47. The van der Waals surface area contributed by atoms with Gasteiger partial charge in [0.2, 0.25) is 0 Å². The number of allylic oxidation sites excluding steroid dienone is 1. The van der Waals surface area contributed by atoms with Crippen LogP contribution in [0.15, 0.2) is 24.3 Å². The molecule has 0 amide bonds. The van der Waals surface area contributed by atoms with E-state index in [9.17, 15) is 9.90 Å². The summed E-state index contributed by atoms with van der Waals surface area (Å²) in [6.45, 7) is 12.3. The summed E-state index contributed by atoms with van der Waals surface area (Å²) in [7, 11) is 0. The van der Waals surface area contributed by atoms with E-state index in [1.54, 1.807) is 12.1 Å². The first-order chi connectivity index (χ1) is 11.5. The summed E-state index contributed by atoms with van der Waals surface area (Å²) in [4.78, 5) is 12.8. The zero-order chi connectivity index (χ0) is 18.6. The molecule has 1 fully saturated rings. The van der Waals surface area contributed by atoms with E-state index in [0.717, 1.165) is 24.0 Å². The molecular formula is C22H30O3. The number of aromatic hydroxyl groups is 1. The van der Waals surface area contributed by atoms with Gasteiger partial charge in [0.05, 0.1) is 5.56 Å². The van der Waals surface area contributed by atoms with Gasteiger partial charge in [-0.1, -0.05) is 53.7 Å². The van der Waals surface area contributed by atoms with Crippen molar-refractivity contribution in [3.05, 3.63) is 41.0 Å². The molecule has 3 atom stereocenters. The third-order valence-corrected chi connectivity index (χ3v) is 5.44. The number of rotatable bonds is 2. The minimum Gasteiger partial charge on any atom is -0.507 e. The summed E-state index contributed by atoms with van der Waals surface area (Å²) in [6.07, 6.45) is 6.46. The average Bonchev–Trinajstić information content (AvgIpc) is 3.07. The van der Waals surface area contributed by atoms with Crippen LogP contribution in [0.2, 0.25) is 0 Å². The molecule has 1 N–H and O–H groups in total. The molecule has 1 aromatic rings. The largest absolute Gasteiger partial charge is 0.507 e. The summed E-state index contributed by atoms with van der Waals surface area (Å²) in [5.41, 5.74) is 1.62. The van der Waals surface area contributed by atoms with Crippen molar-refractivity contribution in [2.45, 2.75) is 71.3 Å². The molecule has 3 heteroatoms. The minimum absolute atomic E-state index is 0.00697. The molecule has 0 saturated heterocycles. The molecule has 0 aromatic heterocycles. The molecule has 3 rings (SSSR count). The van der Waals surface area contributed by atoms with Gasteiger partial charge in [0, 0.05) is 17.0 Å². The molecule has 2 aliphatic carbocycles. The maximum Gasteiger partial charge on any atom is 0.338 e. The molecule has 1 aromatic carbocycles. The van der Waals surface area contributed by atoms with Gasteiger partial charge in [0.15, 0.2) is 0 Å². The van der Waals surface area contributed by atoms with Crippen LogP contribution in [0.4, 0.5) is 0 Å². The Morgan fingerprint density at radius 3 is 1.96 bits per heavy atom. The number of fused-ring (bicyclic) bond motifs is 2. The topological polar surface area (TPSA) is 46.5 Å². The number of hydrogen-bond donors (Lipinski definition) is 1. The van der Waals surface area contributed by atoms with Gasteiger partial charge in [-0.05, 0) is 41.7 Å². The summed E-state index contributed by atoms with van der Waals surface area (Å²) in [5.74, 6) is 0.953. The number of carbonyl (C=O) groups is 1. The predicted octanol–water partition coefficient (Wildman–Crippen LogP) is 5.11. The standard InChI is InChI=1S/C22H30O3/c1-21(2,3)16-11-15(12-17(19(16)23)22(4,5)6)20(24)25-18-10-13-7-8-14(18)9-13/h7-8,11-14,18,23H,9-10H2,1-6H3. The number of esters is 1. The number of hydrogen-bond acceptors (Lipinski definition) is 3. The minimum atomic E-state index is -0.276. The summed E-state index contributed by atoms with van der Waals surface area (Å²) < 4.78 is 5.83. The highest BCUT2D eigenvalue weighted by Crippen LogP contribution is 2.42. The van der Waals surface area contributed by atoms with Crippen LogP contribution in [0.3, 0.4) is 0 Å². The van der Waals surface area contributed by atoms with Gasteiger partial charge in [-0.25, -0.2) is 4.79 Å². The fourth-order valence-corrected chi connectivity index (χ4v) is 3.97. The lowest BCUT2D eigenvalue weighted by Crippen LogP contribution is -2.24. The number of carbonyl (C=O) groups excluding carboxylic acids is 1. The van der Waals surface area contributed by atoms with Crippen molar-refractivity contribution < 1.29 is 14.6 Å². The van der Waals surface area contributed by atoms with Crippen molar-refractivity contribution in [3.63, 3.8) is 0 Å². The van der Waals surface area contributed by atoms with Crippen molar-refractivity contribution in [1.82, 2.24) is 0 Å². The van der Waals surface area contributed by atoms with Gasteiger partial charge in [-0.2, -0.15) is 0 Å². The third-order valence-electron chi connectivity index (χ3n) is 5.44. The Kier molecular flexibility index (Phi) is 4.25. The van der Waals surface area contributed by atoms with Crippen LogP contribution in [-0.4, -0.2) is 17.2 Å². The van der Waals surface area contributed by atoms with Gasteiger partial charge >= 0.3 is 5.97 Å². The van der Waals surface area contributed by atoms with Gasteiger partial charge in [0.1, 0.15) is 11.9 Å². The first-order valence-electron chi connectivity index (χ1n) is 9.24. The number of phenolic OH excluding ortho intramolecular Hbond substituents is 1. The molecule has 25 heavy (non-hydrogen) atoms. The maximum atomic E-state index is 12.8.